The van der Waals surface area contributed by atoms with Gasteiger partial charge in [-0.25, -0.2) is 4.98 Å². The first-order chi connectivity index (χ1) is 12.6. The Morgan fingerprint density at radius 1 is 1.42 bits per heavy atom. The van der Waals surface area contributed by atoms with Crippen LogP contribution in [0.3, 0.4) is 0 Å². The Labute approximate surface area is 150 Å². The third kappa shape index (κ3) is 3.34. The van der Waals surface area contributed by atoms with Crippen LogP contribution in [0.25, 0.3) is 0 Å². The van der Waals surface area contributed by atoms with Crippen molar-refractivity contribution in [3.63, 3.8) is 0 Å². The Kier molecular flexibility index (Phi) is 4.46. The monoisotopic (exact) mass is 359 g/mol. The third-order valence-electron chi connectivity index (χ3n) is 4.94. The Morgan fingerprint density at radius 2 is 2.31 bits per heavy atom. The van der Waals surface area contributed by atoms with E-state index in [0.717, 1.165) is 6.42 Å². The van der Waals surface area contributed by atoms with Gasteiger partial charge >= 0.3 is 0 Å². The van der Waals surface area contributed by atoms with E-state index in [4.69, 9.17) is 9.15 Å². The van der Waals surface area contributed by atoms with E-state index in [1.165, 1.54) is 11.0 Å². The molecule has 2 fully saturated rings. The molecular formula is C17H21N5O4. The summed E-state index contributed by atoms with van der Waals surface area (Å²) >= 11 is 0. The van der Waals surface area contributed by atoms with Crippen LogP contribution < -0.4 is 5.32 Å². The van der Waals surface area contributed by atoms with Crippen molar-refractivity contribution < 1.29 is 18.7 Å². The molecule has 0 spiro atoms. The molecule has 2 saturated heterocycles. The van der Waals surface area contributed by atoms with Gasteiger partial charge in [0, 0.05) is 20.1 Å². The van der Waals surface area contributed by atoms with Crippen LogP contribution in [0.4, 0.5) is 0 Å². The van der Waals surface area contributed by atoms with E-state index in [-0.39, 0.29) is 29.7 Å². The molecule has 2 amide bonds. The lowest BCUT2D eigenvalue weighted by atomic mass is 9.91. The summed E-state index contributed by atoms with van der Waals surface area (Å²) in [5.41, 5.74) is 0. The molecule has 2 aliphatic heterocycles. The van der Waals surface area contributed by atoms with Crippen LogP contribution in [0.15, 0.2) is 29.1 Å². The molecule has 2 aromatic rings. The van der Waals surface area contributed by atoms with Crippen molar-refractivity contribution in [2.75, 3.05) is 13.1 Å². The molecule has 138 valence electrons. The zero-order chi connectivity index (χ0) is 18.1. The number of furan rings is 1. The molecule has 2 aliphatic rings. The van der Waals surface area contributed by atoms with Crippen molar-refractivity contribution in [3.8, 4) is 0 Å². The molecule has 0 radical (unpaired) electrons. The van der Waals surface area contributed by atoms with Crippen LogP contribution in [0, 0.1) is 5.92 Å². The van der Waals surface area contributed by atoms with E-state index in [1.54, 1.807) is 24.3 Å². The van der Waals surface area contributed by atoms with E-state index in [2.05, 4.69) is 15.4 Å². The minimum atomic E-state index is -0.483. The number of likely N-dealkylation sites (tertiary alicyclic amines) is 1. The summed E-state index contributed by atoms with van der Waals surface area (Å²) in [5, 5.41) is 6.90. The highest BCUT2D eigenvalue weighted by atomic mass is 16.5. The minimum absolute atomic E-state index is 0.129. The summed E-state index contributed by atoms with van der Waals surface area (Å²) in [5.74, 6) is 0.846. The van der Waals surface area contributed by atoms with Crippen LogP contribution in [-0.2, 0) is 23.1 Å². The first kappa shape index (κ1) is 16.8. The number of hydrogen-bond acceptors (Lipinski definition) is 6. The number of carbonyl (C=O) groups is 2. The second-order valence-electron chi connectivity index (χ2n) is 6.74. The van der Waals surface area contributed by atoms with Gasteiger partial charge in [0.2, 0.25) is 11.7 Å². The lowest BCUT2D eigenvalue weighted by Crippen LogP contribution is -2.45. The molecule has 0 aliphatic carbocycles. The standard InChI is InChI=1S/C17H21N5O4/c1-21-10-19-15(20-21)17(24)22-5-4-11-7-13(26-14(11)9-22)16(23)18-8-12-3-2-6-25-12/h2-3,6,10-11,13-14H,4-5,7-9H2,1H3,(H,18,23)/t11-,13+,14+/m1/s1. The Hall–Kier alpha value is -2.68. The summed E-state index contributed by atoms with van der Waals surface area (Å²) in [7, 11) is 1.72. The van der Waals surface area contributed by atoms with Crippen LogP contribution in [0.5, 0.6) is 0 Å². The molecule has 0 saturated carbocycles. The number of carbonyl (C=O) groups excluding carboxylic acids is 2. The second kappa shape index (κ2) is 6.91. The maximum absolute atomic E-state index is 12.5. The lowest BCUT2D eigenvalue weighted by Gasteiger charge is -2.33. The SMILES string of the molecule is Cn1cnc(C(=O)N2CC[C@@H]3C[C@@H](C(=O)NCc4ccco4)O[C@H]3C2)n1. The molecule has 26 heavy (non-hydrogen) atoms. The number of rotatable bonds is 4. The largest absolute Gasteiger partial charge is 0.467 e. The van der Waals surface area contributed by atoms with Crippen molar-refractivity contribution >= 4 is 11.8 Å². The summed E-state index contributed by atoms with van der Waals surface area (Å²) in [6.07, 6.45) is 3.96. The van der Waals surface area contributed by atoms with Gasteiger partial charge in [0.15, 0.2) is 0 Å². The van der Waals surface area contributed by atoms with Crippen LogP contribution >= 0.6 is 0 Å². The van der Waals surface area contributed by atoms with Crippen LogP contribution in [0.2, 0.25) is 0 Å². The van der Waals surface area contributed by atoms with Gasteiger partial charge in [-0.2, -0.15) is 0 Å². The molecule has 4 rings (SSSR count). The molecule has 1 N–H and O–H groups in total. The zero-order valence-corrected chi connectivity index (χ0v) is 14.5. The summed E-state index contributed by atoms with van der Waals surface area (Å²) < 4.78 is 12.7. The fraction of sp³-hybridized carbons (Fsp3) is 0.529. The van der Waals surface area contributed by atoms with Gasteiger partial charge in [0.05, 0.1) is 18.9 Å². The molecule has 4 heterocycles. The normalized spacial score (nSPS) is 25.1. The average molecular weight is 359 g/mol. The molecule has 0 aromatic carbocycles. The number of hydrogen-bond donors (Lipinski definition) is 1. The number of piperidine rings is 1. The van der Waals surface area contributed by atoms with E-state index in [0.29, 0.717) is 31.8 Å². The number of ether oxygens (including phenoxy) is 1. The van der Waals surface area contributed by atoms with Gasteiger partial charge in [-0.05, 0) is 30.9 Å². The summed E-state index contributed by atoms with van der Waals surface area (Å²) in [6, 6.07) is 3.59. The van der Waals surface area contributed by atoms with E-state index in [9.17, 15) is 9.59 Å². The topological polar surface area (TPSA) is 102 Å². The van der Waals surface area contributed by atoms with Crippen LogP contribution in [0.1, 0.15) is 29.2 Å². The summed E-state index contributed by atoms with van der Waals surface area (Å²) in [6.45, 7) is 1.43. The first-order valence-electron chi connectivity index (χ1n) is 8.70. The van der Waals surface area contributed by atoms with Crippen molar-refractivity contribution in [1.29, 1.82) is 0 Å². The minimum Gasteiger partial charge on any atom is -0.467 e. The van der Waals surface area contributed by atoms with Gasteiger partial charge in [-0.15, -0.1) is 5.10 Å². The van der Waals surface area contributed by atoms with Gasteiger partial charge in [0.1, 0.15) is 18.2 Å². The van der Waals surface area contributed by atoms with E-state index in [1.807, 2.05) is 6.07 Å². The molecule has 0 bridgehead atoms. The van der Waals surface area contributed by atoms with Gasteiger partial charge in [0.25, 0.3) is 5.91 Å². The highest BCUT2D eigenvalue weighted by Gasteiger charge is 2.43. The van der Waals surface area contributed by atoms with Gasteiger partial charge < -0.3 is 19.4 Å². The van der Waals surface area contributed by atoms with Crippen LogP contribution in [-0.4, -0.2) is 56.8 Å². The smallest absolute Gasteiger partial charge is 0.293 e. The fourth-order valence-corrected chi connectivity index (χ4v) is 3.56. The number of aryl methyl sites for hydroxylation is 1. The third-order valence-corrected chi connectivity index (χ3v) is 4.94. The number of nitrogens with zero attached hydrogens (tertiary/aromatic N) is 4. The quantitative estimate of drug-likeness (QED) is 0.845. The maximum Gasteiger partial charge on any atom is 0.293 e. The summed E-state index contributed by atoms with van der Waals surface area (Å²) in [4.78, 5) is 30.6. The van der Waals surface area contributed by atoms with Crippen molar-refractivity contribution in [3.05, 3.63) is 36.3 Å². The van der Waals surface area contributed by atoms with Crippen molar-refractivity contribution in [1.82, 2.24) is 25.0 Å². The number of nitrogens with one attached hydrogen (secondary N) is 1. The van der Waals surface area contributed by atoms with Gasteiger partial charge in [-0.1, -0.05) is 0 Å². The number of aromatic nitrogens is 3. The lowest BCUT2D eigenvalue weighted by molar-refractivity contribution is -0.132. The second-order valence-corrected chi connectivity index (χ2v) is 6.74. The zero-order valence-electron chi connectivity index (χ0n) is 14.5. The van der Waals surface area contributed by atoms with E-state index >= 15 is 0 Å². The Morgan fingerprint density at radius 3 is 3.04 bits per heavy atom. The predicted molar refractivity (Wildman–Crippen MR) is 88.8 cm³/mol. The first-order valence-corrected chi connectivity index (χ1v) is 8.70. The van der Waals surface area contributed by atoms with Crippen molar-refractivity contribution in [2.24, 2.45) is 13.0 Å². The van der Waals surface area contributed by atoms with Crippen molar-refractivity contribution in [2.45, 2.75) is 31.6 Å². The molecule has 9 heteroatoms. The average Bonchev–Trinajstić information content (AvgIpc) is 3.38. The highest BCUT2D eigenvalue weighted by molar-refractivity contribution is 5.90. The molecule has 9 nitrogen and oxygen atoms in total. The highest BCUT2D eigenvalue weighted by Crippen LogP contribution is 2.33. The molecule has 3 atom stereocenters. The van der Waals surface area contributed by atoms with Gasteiger partial charge in [-0.3, -0.25) is 14.3 Å². The molecular weight excluding hydrogens is 338 g/mol. The van der Waals surface area contributed by atoms with E-state index < -0.39 is 6.10 Å². The maximum atomic E-state index is 12.5. The predicted octanol–water partition coefficient (Wildman–Crippen LogP) is 0.344. The Balaban J connectivity index is 1.32. The molecule has 0 unspecified atom stereocenters. The fourth-order valence-electron chi connectivity index (χ4n) is 3.56. The number of fused-ring (bicyclic) bond motifs is 1. The molecule has 2 aromatic heterocycles. The number of amides is 2. The Bertz CT molecular complexity index is 787.